The molecule has 0 bridgehead atoms. The van der Waals surface area contributed by atoms with Crippen LogP contribution in [0.3, 0.4) is 0 Å². The Hall–Kier alpha value is -2.29. The van der Waals surface area contributed by atoms with Gasteiger partial charge < -0.3 is 11.1 Å². The number of rotatable bonds is 2. The van der Waals surface area contributed by atoms with Crippen LogP contribution < -0.4 is 11.1 Å². The average molecular weight is 240 g/mol. The van der Waals surface area contributed by atoms with E-state index in [1.165, 1.54) is 5.56 Å². The maximum absolute atomic E-state index is 12.0. The van der Waals surface area contributed by atoms with Crippen LogP contribution >= 0.6 is 0 Å². The summed E-state index contributed by atoms with van der Waals surface area (Å²) in [4.78, 5) is 12.0. The Morgan fingerprint density at radius 2 is 1.78 bits per heavy atom. The van der Waals surface area contributed by atoms with Crippen LogP contribution in [0.1, 0.15) is 21.5 Å². The zero-order chi connectivity index (χ0) is 13.1. The lowest BCUT2D eigenvalue weighted by Gasteiger charge is -2.09. The molecule has 0 aliphatic rings. The van der Waals surface area contributed by atoms with E-state index < -0.39 is 0 Å². The number of carbonyl (C=O) groups is 1. The van der Waals surface area contributed by atoms with Crippen molar-refractivity contribution in [2.45, 2.75) is 13.8 Å². The van der Waals surface area contributed by atoms with Gasteiger partial charge in [-0.05, 0) is 49.2 Å². The van der Waals surface area contributed by atoms with E-state index in [0.29, 0.717) is 11.3 Å². The first-order valence-electron chi connectivity index (χ1n) is 5.81. The second-order valence-corrected chi connectivity index (χ2v) is 4.34. The third kappa shape index (κ3) is 2.51. The highest BCUT2D eigenvalue weighted by Crippen LogP contribution is 2.17. The van der Waals surface area contributed by atoms with Gasteiger partial charge in [-0.25, -0.2) is 0 Å². The normalized spacial score (nSPS) is 10.1. The summed E-state index contributed by atoms with van der Waals surface area (Å²) in [5, 5.41) is 2.85. The molecule has 0 aliphatic carbocycles. The molecular weight excluding hydrogens is 224 g/mol. The molecular formula is C15H16N2O. The third-order valence-electron chi connectivity index (χ3n) is 2.97. The molecule has 92 valence electrons. The summed E-state index contributed by atoms with van der Waals surface area (Å²) in [5.74, 6) is -0.184. The molecule has 0 aromatic heterocycles. The molecule has 3 nitrogen and oxygen atoms in total. The molecule has 0 saturated heterocycles. The Morgan fingerprint density at radius 3 is 2.44 bits per heavy atom. The van der Waals surface area contributed by atoms with E-state index in [2.05, 4.69) is 5.32 Å². The smallest absolute Gasteiger partial charge is 0.257 e. The van der Waals surface area contributed by atoms with Crippen LogP contribution in [0.25, 0.3) is 0 Å². The zero-order valence-corrected chi connectivity index (χ0v) is 10.5. The number of nitrogen functional groups attached to an aromatic ring is 1. The highest BCUT2D eigenvalue weighted by atomic mass is 16.1. The van der Waals surface area contributed by atoms with Gasteiger partial charge in [-0.3, -0.25) is 4.79 Å². The topological polar surface area (TPSA) is 55.1 Å². The summed E-state index contributed by atoms with van der Waals surface area (Å²) in [7, 11) is 0. The van der Waals surface area contributed by atoms with Gasteiger partial charge in [-0.2, -0.15) is 0 Å². The third-order valence-corrected chi connectivity index (χ3v) is 2.97. The molecule has 0 radical (unpaired) electrons. The first kappa shape index (κ1) is 12.2. The lowest BCUT2D eigenvalue weighted by Crippen LogP contribution is -2.14. The van der Waals surface area contributed by atoms with E-state index >= 15 is 0 Å². The highest BCUT2D eigenvalue weighted by Gasteiger charge is 2.09. The lowest BCUT2D eigenvalue weighted by atomic mass is 10.1. The van der Waals surface area contributed by atoms with E-state index in [9.17, 15) is 4.79 Å². The number of nitrogens with two attached hydrogens (primary N) is 1. The molecule has 0 heterocycles. The van der Waals surface area contributed by atoms with Crippen molar-refractivity contribution in [3.05, 3.63) is 59.2 Å². The van der Waals surface area contributed by atoms with Crippen LogP contribution in [0.4, 0.5) is 11.4 Å². The Kier molecular flexibility index (Phi) is 3.33. The van der Waals surface area contributed by atoms with Gasteiger partial charge in [0.1, 0.15) is 0 Å². The van der Waals surface area contributed by atoms with Crippen LogP contribution in [0.2, 0.25) is 0 Å². The minimum absolute atomic E-state index is 0.184. The minimum Gasteiger partial charge on any atom is -0.398 e. The Balaban J connectivity index is 2.22. The summed E-state index contributed by atoms with van der Waals surface area (Å²) in [6, 6.07) is 12.9. The number of hydrogen-bond donors (Lipinski definition) is 2. The predicted octanol–water partition coefficient (Wildman–Crippen LogP) is 3.14. The molecule has 0 fully saturated rings. The predicted molar refractivity (Wildman–Crippen MR) is 74.7 cm³/mol. The van der Waals surface area contributed by atoms with E-state index in [4.69, 9.17) is 5.73 Å². The maximum atomic E-state index is 12.0. The number of nitrogens with one attached hydrogen (secondary N) is 1. The Bertz CT molecular complexity index is 591. The quantitative estimate of drug-likeness (QED) is 0.792. The second-order valence-electron chi connectivity index (χ2n) is 4.34. The molecule has 0 spiro atoms. The van der Waals surface area contributed by atoms with Crippen molar-refractivity contribution < 1.29 is 4.79 Å². The van der Waals surface area contributed by atoms with Crippen LogP contribution in [0, 0.1) is 13.8 Å². The van der Waals surface area contributed by atoms with E-state index in [-0.39, 0.29) is 5.91 Å². The number of anilines is 2. The van der Waals surface area contributed by atoms with Crippen molar-refractivity contribution in [1.29, 1.82) is 0 Å². The van der Waals surface area contributed by atoms with Gasteiger partial charge in [-0.1, -0.05) is 18.2 Å². The minimum atomic E-state index is -0.184. The second kappa shape index (κ2) is 4.92. The fraction of sp³-hybridized carbons (Fsp3) is 0.133. The largest absolute Gasteiger partial charge is 0.398 e. The van der Waals surface area contributed by atoms with E-state index in [0.717, 1.165) is 11.3 Å². The van der Waals surface area contributed by atoms with Crippen LogP contribution in [0.5, 0.6) is 0 Å². The molecule has 18 heavy (non-hydrogen) atoms. The fourth-order valence-electron chi connectivity index (χ4n) is 1.72. The van der Waals surface area contributed by atoms with Gasteiger partial charge in [-0.15, -0.1) is 0 Å². The van der Waals surface area contributed by atoms with Crippen LogP contribution in [0.15, 0.2) is 42.5 Å². The lowest BCUT2D eigenvalue weighted by molar-refractivity contribution is 0.102. The monoisotopic (exact) mass is 240 g/mol. The number of aryl methyl sites for hydroxylation is 2. The van der Waals surface area contributed by atoms with Gasteiger partial charge in [0, 0.05) is 11.4 Å². The van der Waals surface area contributed by atoms with Crippen molar-refractivity contribution in [3.8, 4) is 0 Å². The van der Waals surface area contributed by atoms with Gasteiger partial charge in [0.2, 0.25) is 0 Å². The van der Waals surface area contributed by atoms with Crippen molar-refractivity contribution in [2.24, 2.45) is 0 Å². The maximum Gasteiger partial charge on any atom is 0.257 e. The SMILES string of the molecule is Cc1ccc(NC(=O)c2ccccc2N)cc1C. The van der Waals surface area contributed by atoms with Crippen molar-refractivity contribution >= 4 is 17.3 Å². The molecule has 3 heteroatoms. The fourth-order valence-corrected chi connectivity index (χ4v) is 1.72. The average Bonchev–Trinajstić information content (AvgIpc) is 2.34. The van der Waals surface area contributed by atoms with Crippen molar-refractivity contribution in [3.63, 3.8) is 0 Å². The highest BCUT2D eigenvalue weighted by molar-refractivity contribution is 6.07. The number of amides is 1. The number of benzene rings is 2. The molecule has 1 amide bonds. The molecule has 0 aliphatic heterocycles. The van der Waals surface area contributed by atoms with E-state index in [1.807, 2.05) is 38.1 Å². The van der Waals surface area contributed by atoms with Crippen molar-refractivity contribution in [2.75, 3.05) is 11.1 Å². The van der Waals surface area contributed by atoms with Gasteiger partial charge in [0.15, 0.2) is 0 Å². The number of para-hydroxylation sites is 1. The first-order chi connectivity index (χ1) is 8.58. The van der Waals surface area contributed by atoms with Crippen LogP contribution in [-0.2, 0) is 0 Å². The van der Waals surface area contributed by atoms with Crippen LogP contribution in [-0.4, -0.2) is 5.91 Å². The van der Waals surface area contributed by atoms with Gasteiger partial charge in [0.25, 0.3) is 5.91 Å². The van der Waals surface area contributed by atoms with E-state index in [1.54, 1.807) is 18.2 Å². The summed E-state index contributed by atoms with van der Waals surface area (Å²) in [6.07, 6.45) is 0. The molecule has 2 aromatic rings. The molecule has 0 saturated carbocycles. The molecule has 3 N–H and O–H groups in total. The standard InChI is InChI=1S/C15H16N2O/c1-10-7-8-12(9-11(10)2)17-15(18)13-5-3-4-6-14(13)16/h3-9H,16H2,1-2H3,(H,17,18). The number of carbonyl (C=O) groups excluding carboxylic acids is 1. The zero-order valence-electron chi connectivity index (χ0n) is 10.5. The molecule has 2 rings (SSSR count). The van der Waals surface area contributed by atoms with Crippen molar-refractivity contribution in [1.82, 2.24) is 0 Å². The molecule has 0 unspecified atom stereocenters. The number of hydrogen-bond acceptors (Lipinski definition) is 2. The van der Waals surface area contributed by atoms with Gasteiger partial charge in [0.05, 0.1) is 5.56 Å². The first-order valence-corrected chi connectivity index (χ1v) is 5.81. The Morgan fingerprint density at radius 1 is 1.06 bits per heavy atom. The van der Waals surface area contributed by atoms with Gasteiger partial charge >= 0.3 is 0 Å². The summed E-state index contributed by atoms with van der Waals surface area (Å²) in [6.45, 7) is 4.05. The summed E-state index contributed by atoms with van der Waals surface area (Å²) < 4.78 is 0. The Labute approximate surface area is 107 Å². The molecule has 0 atom stereocenters. The molecule has 2 aromatic carbocycles. The summed E-state index contributed by atoms with van der Waals surface area (Å²) >= 11 is 0. The summed E-state index contributed by atoms with van der Waals surface area (Å²) in [5.41, 5.74) is 9.88.